The largest absolute Gasteiger partial charge is 0.334 e. The molecular weight excluding hydrogens is 307 g/mol. The van der Waals surface area contributed by atoms with Gasteiger partial charge in [0.05, 0.1) is 6.20 Å². The van der Waals surface area contributed by atoms with E-state index in [0.29, 0.717) is 12.1 Å². The van der Waals surface area contributed by atoms with Gasteiger partial charge in [0.15, 0.2) is 0 Å². The van der Waals surface area contributed by atoms with Crippen LogP contribution in [0.5, 0.6) is 0 Å². The highest BCUT2D eigenvalue weighted by Gasteiger charge is 2.37. The lowest BCUT2D eigenvalue weighted by Crippen LogP contribution is -2.41. The summed E-state index contributed by atoms with van der Waals surface area (Å²) >= 11 is 0. The first-order valence-corrected chi connectivity index (χ1v) is 8.15. The fraction of sp³-hybridized carbons (Fsp3) is 0.444. The minimum atomic E-state index is -0.488. The normalized spacial score (nSPS) is 15.5. The number of hydrogen-bond acceptors (Lipinski definition) is 3. The molecule has 1 aliphatic rings. The average Bonchev–Trinajstić information content (AvgIpc) is 3.27. The predicted octanol–water partition coefficient (Wildman–Crippen LogP) is 2.35. The summed E-state index contributed by atoms with van der Waals surface area (Å²) in [4.78, 5) is 17.0. The highest BCUT2D eigenvalue weighted by Crippen LogP contribution is 2.32. The average molecular weight is 330 g/mol. The number of benzene rings is 1. The van der Waals surface area contributed by atoms with E-state index in [9.17, 15) is 9.18 Å². The zero-order chi connectivity index (χ0) is 17.3. The smallest absolute Gasteiger partial charge is 0.245 e. The number of hydrogen-bond donors (Lipinski definition) is 0. The summed E-state index contributed by atoms with van der Waals surface area (Å²) in [7, 11) is 5.56. The van der Waals surface area contributed by atoms with Crippen LogP contribution in [0.4, 0.5) is 4.39 Å². The maximum Gasteiger partial charge on any atom is 0.245 e. The van der Waals surface area contributed by atoms with Gasteiger partial charge in [0.1, 0.15) is 11.9 Å². The third-order valence-electron chi connectivity index (χ3n) is 4.30. The van der Waals surface area contributed by atoms with Crippen LogP contribution in [-0.4, -0.2) is 45.6 Å². The molecule has 2 aromatic rings. The van der Waals surface area contributed by atoms with Crippen molar-refractivity contribution in [1.29, 1.82) is 0 Å². The zero-order valence-corrected chi connectivity index (χ0v) is 14.3. The van der Waals surface area contributed by atoms with Crippen LogP contribution in [0.15, 0.2) is 36.7 Å². The van der Waals surface area contributed by atoms with Crippen molar-refractivity contribution in [2.24, 2.45) is 7.05 Å². The molecule has 1 aliphatic carbocycles. The van der Waals surface area contributed by atoms with Gasteiger partial charge < -0.3 is 4.90 Å². The molecule has 6 heteroatoms. The Balaban J connectivity index is 1.86. The Morgan fingerprint density at radius 3 is 2.71 bits per heavy atom. The molecule has 24 heavy (non-hydrogen) atoms. The van der Waals surface area contributed by atoms with E-state index >= 15 is 0 Å². The number of halogens is 1. The summed E-state index contributed by atoms with van der Waals surface area (Å²) in [5.74, 6) is -0.311. The summed E-state index contributed by atoms with van der Waals surface area (Å²) in [6, 6.07) is 6.08. The Bertz CT molecular complexity index is 723. The van der Waals surface area contributed by atoms with Crippen LogP contribution in [0.3, 0.4) is 0 Å². The van der Waals surface area contributed by atoms with Crippen molar-refractivity contribution in [2.45, 2.75) is 31.5 Å². The van der Waals surface area contributed by atoms with Crippen molar-refractivity contribution >= 4 is 5.91 Å². The monoisotopic (exact) mass is 330 g/mol. The predicted molar refractivity (Wildman–Crippen MR) is 89.6 cm³/mol. The van der Waals surface area contributed by atoms with Crippen LogP contribution in [0.2, 0.25) is 0 Å². The van der Waals surface area contributed by atoms with Crippen LogP contribution < -0.4 is 0 Å². The molecule has 0 spiro atoms. The molecule has 0 unspecified atom stereocenters. The number of carbonyl (C=O) groups is 1. The third-order valence-corrected chi connectivity index (χ3v) is 4.30. The van der Waals surface area contributed by atoms with Crippen molar-refractivity contribution in [1.82, 2.24) is 19.6 Å². The summed E-state index contributed by atoms with van der Waals surface area (Å²) in [5.41, 5.74) is 1.69. The first-order valence-electron chi connectivity index (χ1n) is 8.15. The number of aromatic nitrogens is 2. The van der Waals surface area contributed by atoms with E-state index in [0.717, 1.165) is 18.4 Å². The molecular formula is C18H23FN4O. The Morgan fingerprint density at radius 2 is 2.17 bits per heavy atom. The van der Waals surface area contributed by atoms with Crippen molar-refractivity contribution in [3.8, 4) is 0 Å². The molecule has 128 valence electrons. The molecule has 0 bridgehead atoms. The SMILES string of the molecule is CN(C)[C@@H](C(=O)N(Cc1cnn(C)c1)C1CC1)c1cccc(F)c1. The van der Waals surface area contributed by atoms with Crippen LogP contribution >= 0.6 is 0 Å². The number of likely N-dealkylation sites (N-methyl/N-ethyl adjacent to an activating group) is 1. The Morgan fingerprint density at radius 1 is 1.42 bits per heavy atom. The zero-order valence-electron chi connectivity index (χ0n) is 14.3. The van der Waals surface area contributed by atoms with E-state index in [-0.39, 0.29) is 17.8 Å². The Labute approximate surface area is 141 Å². The number of rotatable bonds is 6. The van der Waals surface area contributed by atoms with E-state index in [1.165, 1.54) is 12.1 Å². The van der Waals surface area contributed by atoms with Gasteiger partial charge in [-0.25, -0.2) is 4.39 Å². The maximum absolute atomic E-state index is 13.6. The number of aryl methyl sites for hydroxylation is 1. The Kier molecular flexibility index (Phi) is 4.66. The molecule has 5 nitrogen and oxygen atoms in total. The minimum Gasteiger partial charge on any atom is -0.334 e. The van der Waals surface area contributed by atoms with Crippen molar-refractivity contribution in [3.63, 3.8) is 0 Å². The van der Waals surface area contributed by atoms with Gasteiger partial charge in [-0.15, -0.1) is 0 Å². The van der Waals surface area contributed by atoms with Crippen molar-refractivity contribution in [2.75, 3.05) is 14.1 Å². The highest BCUT2D eigenvalue weighted by atomic mass is 19.1. The number of nitrogens with zero attached hydrogens (tertiary/aromatic N) is 4. The summed E-state index contributed by atoms with van der Waals surface area (Å²) in [6.45, 7) is 0.539. The van der Waals surface area contributed by atoms with Crippen LogP contribution in [0, 0.1) is 5.82 Å². The number of amides is 1. The van der Waals surface area contributed by atoms with Gasteiger partial charge in [0.2, 0.25) is 5.91 Å². The van der Waals surface area contributed by atoms with Gasteiger partial charge in [-0.1, -0.05) is 12.1 Å². The molecule has 1 aromatic heterocycles. The molecule has 0 N–H and O–H groups in total. The Hall–Kier alpha value is -2.21. The second kappa shape index (κ2) is 6.73. The molecule has 3 rings (SSSR count). The van der Waals surface area contributed by atoms with Gasteiger partial charge in [-0.3, -0.25) is 14.4 Å². The van der Waals surface area contributed by atoms with Gasteiger partial charge in [0, 0.05) is 31.4 Å². The molecule has 1 saturated carbocycles. The lowest BCUT2D eigenvalue weighted by molar-refractivity contribution is -0.137. The molecule has 0 saturated heterocycles. The standard InChI is InChI=1S/C18H23FN4O/c1-21(2)17(14-5-4-6-15(19)9-14)18(24)23(16-7-8-16)12-13-10-20-22(3)11-13/h4-6,9-11,16-17H,7-8,12H2,1-3H3/t17-/m1/s1. The van der Waals surface area contributed by atoms with E-state index < -0.39 is 6.04 Å². The fourth-order valence-electron chi connectivity index (χ4n) is 3.02. The summed E-state index contributed by atoms with van der Waals surface area (Å²) < 4.78 is 15.4. The molecule has 1 aromatic carbocycles. The number of carbonyl (C=O) groups excluding carboxylic acids is 1. The van der Waals surface area contributed by atoms with E-state index in [1.807, 2.05) is 37.1 Å². The fourth-order valence-corrected chi connectivity index (χ4v) is 3.02. The van der Waals surface area contributed by atoms with E-state index in [2.05, 4.69) is 5.10 Å². The second-order valence-electron chi connectivity index (χ2n) is 6.64. The summed E-state index contributed by atoms with van der Waals surface area (Å²) in [6.07, 6.45) is 5.76. The highest BCUT2D eigenvalue weighted by molar-refractivity contribution is 5.83. The molecule has 0 radical (unpaired) electrons. The van der Waals surface area contributed by atoms with Gasteiger partial charge in [-0.2, -0.15) is 5.10 Å². The van der Waals surface area contributed by atoms with Crippen LogP contribution in [0.25, 0.3) is 0 Å². The minimum absolute atomic E-state index is 0.0111. The molecule has 1 fully saturated rings. The van der Waals surface area contributed by atoms with E-state index in [4.69, 9.17) is 0 Å². The first-order chi connectivity index (χ1) is 11.5. The molecule has 1 atom stereocenters. The molecule has 1 amide bonds. The summed E-state index contributed by atoms with van der Waals surface area (Å²) in [5, 5.41) is 4.18. The van der Waals surface area contributed by atoms with Crippen LogP contribution in [0.1, 0.15) is 30.0 Å². The van der Waals surface area contributed by atoms with Gasteiger partial charge in [-0.05, 0) is 44.6 Å². The maximum atomic E-state index is 13.6. The quantitative estimate of drug-likeness (QED) is 0.816. The van der Waals surface area contributed by atoms with Crippen molar-refractivity contribution < 1.29 is 9.18 Å². The first kappa shape index (κ1) is 16.6. The van der Waals surface area contributed by atoms with Crippen LogP contribution in [-0.2, 0) is 18.4 Å². The second-order valence-corrected chi connectivity index (χ2v) is 6.64. The lowest BCUT2D eigenvalue weighted by Gasteiger charge is -2.31. The van der Waals surface area contributed by atoms with E-state index in [1.54, 1.807) is 23.0 Å². The third kappa shape index (κ3) is 3.64. The lowest BCUT2D eigenvalue weighted by atomic mass is 10.0. The van der Waals surface area contributed by atoms with Gasteiger partial charge >= 0.3 is 0 Å². The van der Waals surface area contributed by atoms with Gasteiger partial charge in [0.25, 0.3) is 0 Å². The molecule has 1 heterocycles. The molecule has 0 aliphatic heterocycles. The topological polar surface area (TPSA) is 41.4 Å². The van der Waals surface area contributed by atoms with Crippen molar-refractivity contribution in [3.05, 3.63) is 53.6 Å².